The van der Waals surface area contributed by atoms with Crippen molar-refractivity contribution in [3.05, 3.63) is 29.8 Å². The van der Waals surface area contributed by atoms with Crippen molar-refractivity contribution in [2.75, 3.05) is 24.5 Å². The lowest BCUT2D eigenvalue weighted by molar-refractivity contribution is 0.576. The van der Waals surface area contributed by atoms with E-state index in [0.717, 1.165) is 32.5 Å². The fourth-order valence-electron chi connectivity index (χ4n) is 2.70. The number of nitrogens with one attached hydrogen (secondary N) is 1. The van der Waals surface area contributed by atoms with Gasteiger partial charge in [-0.2, -0.15) is 0 Å². The number of aliphatic imine (C=N–C) groups is 1. The second-order valence-electron chi connectivity index (χ2n) is 6.26. The van der Waals surface area contributed by atoms with E-state index >= 15 is 0 Å². The Morgan fingerprint density at radius 2 is 2.10 bits per heavy atom. The number of rotatable bonds is 6. The van der Waals surface area contributed by atoms with Crippen LogP contribution in [0.4, 0.5) is 5.69 Å². The maximum Gasteiger partial charge on any atom is 0.188 e. The summed E-state index contributed by atoms with van der Waals surface area (Å²) in [5.74, 6) is 1.25. The third-order valence-electron chi connectivity index (χ3n) is 4.01. The molecule has 4 nitrogen and oxygen atoms in total. The Morgan fingerprint density at radius 1 is 1.33 bits per heavy atom. The summed E-state index contributed by atoms with van der Waals surface area (Å²) in [6.45, 7) is 9.34. The predicted octanol–water partition coefficient (Wildman–Crippen LogP) is 2.39. The van der Waals surface area contributed by atoms with Crippen molar-refractivity contribution in [2.45, 2.75) is 39.7 Å². The van der Waals surface area contributed by atoms with E-state index in [1.807, 2.05) is 0 Å². The number of nitrogens with zero attached hydrogens (tertiary/aromatic N) is 2. The molecule has 1 atom stereocenters. The van der Waals surface area contributed by atoms with E-state index in [-0.39, 0.29) is 0 Å². The zero-order chi connectivity index (χ0) is 15.2. The second-order valence-corrected chi connectivity index (χ2v) is 6.26. The molecule has 0 bridgehead atoms. The van der Waals surface area contributed by atoms with Gasteiger partial charge in [-0.3, -0.25) is 4.99 Å². The minimum Gasteiger partial charge on any atom is -0.370 e. The highest BCUT2D eigenvalue weighted by atomic mass is 15.2. The van der Waals surface area contributed by atoms with Crippen molar-refractivity contribution in [1.29, 1.82) is 0 Å². The molecule has 116 valence electrons. The van der Waals surface area contributed by atoms with E-state index in [1.54, 1.807) is 0 Å². The van der Waals surface area contributed by atoms with Crippen molar-refractivity contribution in [3.63, 3.8) is 0 Å². The number of nitrogens with two attached hydrogens (primary N) is 1. The van der Waals surface area contributed by atoms with Crippen LogP contribution < -0.4 is 16.0 Å². The summed E-state index contributed by atoms with van der Waals surface area (Å²) in [4.78, 5) is 6.91. The molecular weight excluding hydrogens is 260 g/mol. The van der Waals surface area contributed by atoms with E-state index in [9.17, 15) is 0 Å². The number of benzene rings is 1. The van der Waals surface area contributed by atoms with Gasteiger partial charge in [-0.15, -0.1) is 0 Å². The van der Waals surface area contributed by atoms with E-state index in [1.165, 1.54) is 11.3 Å². The molecule has 1 aromatic carbocycles. The summed E-state index contributed by atoms with van der Waals surface area (Å²) in [6.07, 6.45) is 2.25. The molecule has 0 spiro atoms. The molecule has 0 aliphatic carbocycles. The molecule has 0 saturated carbocycles. The van der Waals surface area contributed by atoms with Crippen molar-refractivity contribution < 1.29 is 0 Å². The molecule has 1 aliphatic heterocycles. The first kappa shape index (κ1) is 15.7. The number of hydrogen-bond acceptors (Lipinski definition) is 2. The number of fused-ring (bicyclic) bond motifs is 1. The molecule has 0 fully saturated rings. The molecule has 3 N–H and O–H groups in total. The second kappa shape index (κ2) is 7.34. The molecule has 0 amide bonds. The summed E-state index contributed by atoms with van der Waals surface area (Å²) in [5, 5.41) is 3.19. The van der Waals surface area contributed by atoms with Crippen molar-refractivity contribution in [1.82, 2.24) is 5.32 Å². The van der Waals surface area contributed by atoms with E-state index in [2.05, 4.69) is 60.2 Å². The van der Waals surface area contributed by atoms with Gasteiger partial charge < -0.3 is 16.0 Å². The van der Waals surface area contributed by atoms with Crippen LogP contribution in [0.5, 0.6) is 0 Å². The smallest absolute Gasteiger partial charge is 0.188 e. The van der Waals surface area contributed by atoms with Crippen LogP contribution in [0, 0.1) is 5.92 Å². The van der Waals surface area contributed by atoms with Gasteiger partial charge >= 0.3 is 0 Å². The van der Waals surface area contributed by atoms with Gasteiger partial charge in [0.05, 0.1) is 6.54 Å². The average molecular weight is 288 g/mol. The number of para-hydroxylation sites is 1. The maximum atomic E-state index is 5.92. The van der Waals surface area contributed by atoms with Crippen molar-refractivity contribution in [3.8, 4) is 0 Å². The van der Waals surface area contributed by atoms with Crippen LogP contribution in [-0.4, -0.2) is 31.6 Å². The number of hydrogen-bond donors (Lipinski definition) is 2. The van der Waals surface area contributed by atoms with Gasteiger partial charge in [0.2, 0.25) is 0 Å². The highest BCUT2D eigenvalue weighted by Crippen LogP contribution is 2.29. The van der Waals surface area contributed by atoms with Gasteiger partial charge in [0.15, 0.2) is 5.96 Å². The molecule has 1 heterocycles. The third kappa shape index (κ3) is 4.38. The first-order valence-electron chi connectivity index (χ1n) is 7.96. The molecular formula is C17H28N4. The highest BCUT2D eigenvalue weighted by Gasteiger charge is 2.22. The van der Waals surface area contributed by atoms with Gasteiger partial charge in [0, 0.05) is 24.8 Å². The van der Waals surface area contributed by atoms with Gasteiger partial charge in [-0.1, -0.05) is 32.0 Å². The molecule has 4 heteroatoms. The summed E-state index contributed by atoms with van der Waals surface area (Å²) < 4.78 is 0. The monoisotopic (exact) mass is 288 g/mol. The van der Waals surface area contributed by atoms with Crippen LogP contribution in [0.3, 0.4) is 0 Å². The average Bonchev–Trinajstić information content (AvgIpc) is 2.88. The molecule has 1 unspecified atom stereocenters. The van der Waals surface area contributed by atoms with Crippen LogP contribution in [0.2, 0.25) is 0 Å². The largest absolute Gasteiger partial charge is 0.370 e. The zero-order valence-corrected chi connectivity index (χ0v) is 13.5. The molecule has 0 aromatic heterocycles. The standard InChI is InChI=1S/C17H28N4/c1-13(2)8-10-19-17(18)20-12-14(3)21-11-9-15-6-4-5-7-16(15)21/h4-7,13-14H,8-12H2,1-3H3,(H3,18,19,20). The Kier molecular flexibility index (Phi) is 5.48. The van der Waals surface area contributed by atoms with Crippen LogP contribution in [0.25, 0.3) is 0 Å². The van der Waals surface area contributed by atoms with Crippen LogP contribution in [-0.2, 0) is 6.42 Å². The summed E-state index contributed by atoms with van der Waals surface area (Å²) in [5.41, 5.74) is 8.72. The minimum absolute atomic E-state index is 0.374. The first-order valence-corrected chi connectivity index (χ1v) is 7.96. The lowest BCUT2D eigenvalue weighted by atomic mass is 10.1. The predicted molar refractivity (Wildman–Crippen MR) is 90.9 cm³/mol. The first-order chi connectivity index (χ1) is 10.1. The molecule has 0 saturated heterocycles. The van der Waals surface area contributed by atoms with E-state index in [4.69, 9.17) is 5.73 Å². The third-order valence-corrected chi connectivity index (χ3v) is 4.01. The van der Waals surface area contributed by atoms with Crippen LogP contribution in [0.1, 0.15) is 32.8 Å². The van der Waals surface area contributed by atoms with Crippen molar-refractivity contribution >= 4 is 11.6 Å². The minimum atomic E-state index is 0.374. The Bertz CT molecular complexity index is 481. The molecule has 0 radical (unpaired) electrons. The Hall–Kier alpha value is -1.71. The van der Waals surface area contributed by atoms with Crippen molar-refractivity contribution in [2.24, 2.45) is 16.6 Å². The van der Waals surface area contributed by atoms with Gasteiger partial charge in [-0.05, 0) is 37.3 Å². The quantitative estimate of drug-likeness (QED) is 0.624. The fraction of sp³-hybridized carbons (Fsp3) is 0.588. The summed E-state index contributed by atoms with van der Waals surface area (Å²) in [7, 11) is 0. The summed E-state index contributed by atoms with van der Waals surface area (Å²) in [6, 6.07) is 9.01. The van der Waals surface area contributed by atoms with Crippen LogP contribution in [0.15, 0.2) is 29.3 Å². The molecule has 21 heavy (non-hydrogen) atoms. The molecule has 1 aliphatic rings. The van der Waals surface area contributed by atoms with E-state index < -0.39 is 0 Å². The fourth-order valence-corrected chi connectivity index (χ4v) is 2.70. The van der Waals surface area contributed by atoms with E-state index in [0.29, 0.717) is 17.9 Å². The number of guanidine groups is 1. The molecule has 2 rings (SSSR count). The van der Waals surface area contributed by atoms with Gasteiger partial charge in [-0.25, -0.2) is 0 Å². The van der Waals surface area contributed by atoms with Crippen LogP contribution >= 0.6 is 0 Å². The van der Waals surface area contributed by atoms with Gasteiger partial charge in [0.25, 0.3) is 0 Å². The zero-order valence-electron chi connectivity index (χ0n) is 13.5. The molecule has 1 aromatic rings. The highest BCUT2D eigenvalue weighted by molar-refractivity contribution is 5.77. The Labute approximate surface area is 128 Å². The topological polar surface area (TPSA) is 53.6 Å². The Morgan fingerprint density at radius 3 is 2.86 bits per heavy atom. The number of anilines is 1. The lowest BCUT2D eigenvalue weighted by Gasteiger charge is -2.26. The Balaban J connectivity index is 1.83. The van der Waals surface area contributed by atoms with Gasteiger partial charge in [0.1, 0.15) is 0 Å². The lowest BCUT2D eigenvalue weighted by Crippen LogP contribution is -2.37. The summed E-state index contributed by atoms with van der Waals surface area (Å²) >= 11 is 0. The SMILES string of the molecule is CC(C)CCNC(N)=NCC(C)N1CCc2ccccc21. The normalized spacial score (nSPS) is 16.2. The maximum absolute atomic E-state index is 5.92.